The number of rotatable bonds is 4. The van der Waals surface area contributed by atoms with Crippen LogP contribution in [-0.4, -0.2) is 45.0 Å². The molecule has 0 aromatic carbocycles. The van der Waals surface area contributed by atoms with Crippen molar-refractivity contribution in [3.63, 3.8) is 0 Å². The van der Waals surface area contributed by atoms with E-state index >= 15 is 0 Å². The fraction of sp³-hybridized carbons (Fsp3) is 0.909. The molecule has 7 heteroatoms. The summed E-state index contributed by atoms with van der Waals surface area (Å²) in [6, 6.07) is 0. The average molecular weight is 260 g/mol. The zero-order chi connectivity index (χ0) is 13.9. The lowest BCUT2D eigenvalue weighted by Gasteiger charge is -2.22. The van der Waals surface area contributed by atoms with Gasteiger partial charge in [-0.05, 0) is 33.6 Å². The topological polar surface area (TPSA) is 85.4 Å². The minimum Gasteiger partial charge on any atom is -0.481 e. The van der Waals surface area contributed by atoms with Crippen molar-refractivity contribution in [3.05, 3.63) is 0 Å². The molecule has 104 valence electrons. The molecular weight excluding hydrogens is 238 g/mol. The number of carboxylic acids is 1. The molecule has 1 rings (SSSR count). The van der Waals surface area contributed by atoms with Crippen molar-refractivity contribution in [3.8, 4) is 0 Å². The van der Waals surface area contributed by atoms with Crippen LogP contribution >= 0.6 is 0 Å². The van der Waals surface area contributed by atoms with Crippen LogP contribution in [0.15, 0.2) is 5.28 Å². The van der Waals surface area contributed by atoms with Gasteiger partial charge in [-0.25, -0.2) is 5.21 Å². The largest absolute Gasteiger partial charge is 0.481 e. The maximum absolute atomic E-state index is 10.8. The molecule has 0 bridgehead atoms. The van der Waals surface area contributed by atoms with E-state index in [1.165, 1.54) is 5.01 Å². The van der Waals surface area contributed by atoms with Crippen LogP contribution in [0.4, 0.5) is 0 Å². The Balaban J connectivity index is 2.48. The second-order valence-corrected chi connectivity index (χ2v) is 5.62. The number of aliphatic carboxylic acids is 1. The molecule has 0 aliphatic heterocycles. The molecule has 0 spiro atoms. The summed E-state index contributed by atoms with van der Waals surface area (Å²) in [5.41, 5.74) is -0.291. The summed E-state index contributed by atoms with van der Waals surface area (Å²) in [7, 11) is 1.68. The lowest BCUT2D eigenvalue weighted by molar-refractivity contribution is -0.946. The van der Waals surface area contributed by atoms with E-state index in [9.17, 15) is 10.0 Å². The van der Waals surface area contributed by atoms with E-state index in [2.05, 4.69) is 5.28 Å². The highest BCUT2D eigenvalue weighted by molar-refractivity contribution is 5.70. The molecule has 1 saturated carbocycles. The van der Waals surface area contributed by atoms with Gasteiger partial charge in [0.2, 0.25) is 0 Å². The van der Waals surface area contributed by atoms with E-state index in [1.54, 1.807) is 7.05 Å². The van der Waals surface area contributed by atoms with Crippen molar-refractivity contribution in [2.75, 3.05) is 7.05 Å². The Kier molecular flexibility index (Phi) is 4.37. The quantitative estimate of drug-likeness (QED) is 0.456. The number of carbonyl (C=O) groups is 1. The van der Waals surface area contributed by atoms with Crippen LogP contribution in [0.25, 0.3) is 0 Å². The summed E-state index contributed by atoms with van der Waals surface area (Å²) >= 11 is 0. The normalized spacial score (nSPS) is 25.0. The maximum Gasteiger partial charge on any atom is 0.306 e. The van der Waals surface area contributed by atoms with E-state index in [4.69, 9.17) is 9.94 Å². The van der Waals surface area contributed by atoms with Crippen LogP contribution in [-0.2, 0) is 9.63 Å². The van der Waals surface area contributed by atoms with E-state index < -0.39 is 5.97 Å². The first kappa shape index (κ1) is 14.5. The van der Waals surface area contributed by atoms with Crippen molar-refractivity contribution in [2.45, 2.75) is 51.7 Å². The van der Waals surface area contributed by atoms with E-state index in [0.29, 0.717) is 24.2 Å². The smallest absolute Gasteiger partial charge is 0.306 e. The van der Waals surface area contributed by atoms with E-state index in [0.717, 1.165) is 0 Å². The third kappa shape index (κ3) is 3.75. The fourth-order valence-corrected chi connectivity index (χ4v) is 1.69. The Morgan fingerprint density at radius 1 is 1.44 bits per heavy atom. The molecule has 0 aromatic heterocycles. The minimum atomic E-state index is -0.797. The lowest BCUT2D eigenvalue weighted by atomic mass is 10.1. The summed E-state index contributed by atoms with van der Waals surface area (Å²) in [5, 5.41) is 23.6. The predicted molar refractivity (Wildman–Crippen MR) is 61.8 cm³/mol. The molecule has 0 radical (unpaired) electrons. The van der Waals surface area contributed by atoms with Crippen molar-refractivity contribution in [2.24, 2.45) is 11.2 Å². The summed E-state index contributed by atoms with van der Waals surface area (Å²) < 4.78 is 0. The Morgan fingerprint density at radius 2 is 2.06 bits per heavy atom. The monoisotopic (exact) mass is 260 g/mol. The maximum atomic E-state index is 10.8. The van der Waals surface area contributed by atoms with E-state index in [-0.39, 0.29) is 17.6 Å². The standard InChI is InChI=1S/C11H21N3O4/c1-11(2,3)13(4)14(17)12-18-9-6-5-8(7-9)10(15)16/h8-9H,5-7H2,1-4H3,(H-,12,15,16,17)/p+1/t8-,9-/m1/s1. The molecule has 7 nitrogen and oxygen atoms in total. The number of hydrogen-bond donors (Lipinski definition) is 2. The average Bonchev–Trinajstić information content (AvgIpc) is 2.72. The van der Waals surface area contributed by atoms with Crippen LogP contribution in [0.5, 0.6) is 0 Å². The third-order valence-corrected chi connectivity index (χ3v) is 3.24. The van der Waals surface area contributed by atoms with Gasteiger partial charge in [-0.2, -0.15) is 0 Å². The predicted octanol–water partition coefficient (Wildman–Crippen LogP) is 1.67. The number of nitrogens with zero attached hydrogens (tertiary/aromatic N) is 3. The van der Waals surface area contributed by atoms with Gasteiger partial charge in [0.15, 0.2) is 0 Å². The molecule has 2 N–H and O–H groups in total. The summed E-state index contributed by atoms with van der Waals surface area (Å²) in [5.74, 6) is -1.16. The van der Waals surface area contributed by atoms with Crippen molar-refractivity contribution < 1.29 is 24.9 Å². The zero-order valence-corrected chi connectivity index (χ0v) is 11.3. The fourth-order valence-electron chi connectivity index (χ4n) is 1.69. The first-order chi connectivity index (χ1) is 8.21. The molecule has 18 heavy (non-hydrogen) atoms. The number of hydrogen-bond acceptors (Lipinski definition) is 3. The highest BCUT2D eigenvalue weighted by Gasteiger charge is 2.33. The lowest BCUT2D eigenvalue weighted by Crippen LogP contribution is -2.43. The van der Waals surface area contributed by atoms with Crippen LogP contribution in [0, 0.1) is 5.92 Å². The van der Waals surface area contributed by atoms with Gasteiger partial charge in [0, 0.05) is 6.42 Å². The van der Waals surface area contributed by atoms with Crippen molar-refractivity contribution >= 4 is 5.97 Å². The number of hydrazine groups is 1. The molecule has 0 heterocycles. The van der Waals surface area contributed by atoms with Gasteiger partial charge in [-0.15, -0.1) is 5.01 Å². The summed E-state index contributed by atoms with van der Waals surface area (Å²) in [6.45, 7) is 5.76. The Morgan fingerprint density at radius 3 is 2.50 bits per heavy atom. The number of carboxylic acid groups (broad SMARTS) is 1. The molecule has 0 amide bonds. The molecule has 1 aliphatic rings. The molecule has 1 fully saturated rings. The molecule has 2 atom stereocenters. The van der Waals surface area contributed by atoms with Crippen LogP contribution in [0.3, 0.4) is 0 Å². The zero-order valence-electron chi connectivity index (χ0n) is 11.3. The Bertz CT molecular complexity index is 338. The highest BCUT2D eigenvalue weighted by atomic mass is 16.7. The van der Waals surface area contributed by atoms with Gasteiger partial charge >= 0.3 is 5.97 Å². The summed E-state index contributed by atoms with van der Waals surface area (Å²) in [6.07, 6.45) is 1.43. The van der Waals surface area contributed by atoms with Gasteiger partial charge < -0.3 is 9.94 Å². The first-order valence-electron chi connectivity index (χ1n) is 6.04. The van der Waals surface area contributed by atoms with Gasteiger partial charge in [-0.3, -0.25) is 4.79 Å². The highest BCUT2D eigenvalue weighted by Crippen LogP contribution is 2.28. The molecule has 1 aliphatic carbocycles. The first-order valence-corrected chi connectivity index (χ1v) is 6.04. The van der Waals surface area contributed by atoms with Gasteiger partial charge in [-0.1, -0.05) is 0 Å². The summed E-state index contributed by atoms with van der Waals surface area (Å²) in [4.78, 5) is 16.6. The van der Waals surface area contributed by atoms with Crippen LogP contribution in [0.2, 0.25) is 0 Å². The van der Waals surface area contributed by atoms with Crippen molar-refractivity contribution in [1.29, 1.82) is 0 Å². The Labute approximate surface area is 107 Å². The van der Waals surface area contributed by atoms with Crippen LogP contribution < -0.4 is 0 Å². The second-order valence-electron chi connectivity index (χ2n) is 5.62. The SMILES string of the molecule is CN(/[N+](O)=N/O[C@@H]1CC[C@@H](C(=O)O)C1)C(C)(C)C. The van der Waals surface area contributed by atoms with Gasteiger partial charge in [0.05, 0.1) is 18.5 Å². The van der Waals surface area contributed by atoms with E-state index in [1.807, 2.05) is 20.8 Å². The molecule has 0 aromatic rings. The molecule has 0 unspecified atom stereocenters. The third-order valence-electron chi connectivity index (χ3n) is 3.24. The van der Waals surface area contributed by atoms with Crippen molar-refractivity contribution in [1.82, 2.24) is 5.01 Å². The van der Waals surface area contributed by atoms with Crippen LogP contribution in [0.1, 0.15) is 40.0 Å². The molecule has 0 saturated heterocycles. The van der Waals surface area contributed by atoms with Gasteiger partial charge in [0.1, 0.15) is 6.10 Å². The minimum absolute atomic E-state index is 0.242. The van der Waals surface area contributed by atoms with Gasteiger partial charge in [0.25, 0.3) is 10.2 Å². The molecular formula is C11H22N3O4+. The Hall–Kier alpha value is -1.53. The second kappa shape index (κ2) is 5.41.